The lowest BCUT2D eigenvalue weighted by Gasteiger charge is -2.31. The maximum atomic E-state index is 13.7. The molecule has 4 aromatic rings. The Labute approximate surface area is 229 Å². The Morgan fingerprint density at radius 3 is 2.40 bits per heavy atom. The van der Waals surface area contributed by atoms with Gasteiger partial charge in [0.25, 0.3) is 5.91 Å². The summed E-state index contributed by atoms with van der Waals surface area (Å²) in [6, 6.07) is 19.9. The van der Waals surface area contributed by atoms with Crippen LogP contribution in [0.15, 0.2) is 78.9 Å². The van der Waals surface area contributed by atoms with Gasteiger partial charge >= 0.3 is 6.18 Å². The number of carbonyl (C=O) groups is 2. The number of nitrogens with one attached hydrogen (secondary N) is 1. The summed E-state index contributed by atoms with van der Waals surface area (Å²) in [4.78, 5) is 29.3. The van der Waals surface area contributed by atoms with E-state index in [0.717, 1.165) is 33.0 Å². The second-order valence-electron chi connectivity index (χ2n) is 9.33. The van der Waals surface area contributed by atoms with Gasteiger partial charge in [0, 0.05) is 17.8 Å². The third-order valence-electron chi connectivity index (χ3n) is 6.25. The SMILES string of the molecule is CCC[C@H](C(=O)NCc1ccccc1)N(C(=O)Cn1nnc(-c2ccc(C)cc2)n1)c1cccc(C(F)(F)F)c1. The molecule has 2 amide bonds. The summed E-state index contributed by atoms with van der Waals surface area (Å²) < 4.78 is 40.7. The van der Waals surface area contributed by atoms with E-state index < -0.39 is 36.1 Å². The molecular formula is C29H29F3N6O2. The Balaban J connectivity index is 1.64. The first-order valence-electron chi connectivity index (χ1n) is 12.8. The van der Waals surface area contributed by atoms with Gasteiger partial charge in [-0.1, -0.05) is 79.6 Å². The average Bonchev–Trinajstić information content (AvgIpc) is 3.40. The van der Waals surface area contributed by atoms with Gasteiger partial charge in [-0.05, 0) is 42.3 Å². The van der Waals surface area contributed by atoms with Crippen LogP contribution >= 0.6 is 0 Å². The molecule has 0 spiro atoms. The highest BCUT2D eigenvalue weighted by Gasteiger charge is 2.35. The van der Waals surface area contributed by atoms with E-state index in [0.29, 0.717) is 17.8 Å². The zero-order valence-corrected chi connectivity index (χ0v) is 22.1. The van der Waals surface area contributed by atoms with E-state index in [4.69, 9.17) is 0 Å². The van der Waals surface area contributed by atoms with Crippen LogP contribution in [-0.4, -0.2) is 38.1 Å². The predicted octanol–water partition coefficient (Wildman–Crippen LogP) is 5.19. The molecular weight excluding hydrogens is 521 g/mol. The zero-order valence-electron chi connectivity index (χ0n) is 22.1. The number of rotatable bonds is 10. The standard InChI is InChI=1S/C29H29F3N6O2/c1-3-8-25(28(40)33-18-21-9-5-4-6-10-21)38(24-12-7-11-23(17-24)29(30,31)32)26(39)19-37-35-27(34-36-37)22-15-13-20(2)14-16-22/h4-7,9-17,25H,3,8,18-19H2,1-2H3,(H,33,40)/t25-/m1/s1. The average molecular weight is 551 g/mol. The minimum absolute atomic E-state index is 0.0491. The highest BCUT2D eigenvalue weighted by molar-refractivity contribution is 6.00. The van der Waals surface area contributed by atoms with Crippen molar-refractivity contribution >= 4 is 17.5 Å². The second-order valence-corrected chi connectivity index (χ2v) is 9.33. The summed E-state index contributed by atoms with van der Waals surface area (Å²) in [6.45, 7) is 3.55. The van der Waals surface area contributed by atoms with E-state index in [1.165, 1.54) is 12.1 Å². The maximum Gasteiger partial charge on any atom is 0.416 e. The quantitative estimate of drug-likeness (QED) is 0.294. The first-order chi connectivity index (χ1) is 19.2. The maximum absolute atomic E-state index is 13.7. The van der Waals surface area contributed by atoms with Gasteiger partial charge in [0.15, 0.2) is 0 Å². The molecule has 0 aliphatic heterocycles. The van der Waals surface area contributed by atoms with E-state index in [9.17, 15) is 22.8 Å². The topological polar surface area (TPSA) is 93.0 Å². The summed E-state index contributed by atoms with van der Waals surface area (Å²) >= 11 is 0. The summed E-state index contributed by atoms with van der Waals surface area (Å²) in [6.07, 6.45) is -3.90. The molecule has 0 fully saturated rings. The van der Waals surface area contributed by atoms with Gasteiger partial charge in [0.1, 0.15) is 12.6 Å². The molecule has 1 atom stereocenters. The number of halogens is 3. The lowest BCUT2D eigenvalue weighted by Crippen LogP contribution is -2.51. The minimum Gasteiger partial charge on any atom is -0.350 e. The number of tetrazole rings is 1. The first kappa shape index (κ1) is 28.5. The van der Waals surface area contributed by atoms with Gasteiger partial charge in [0.05, 0.1) is 5.56 Å². The Hall–Kier alpha value is -4.54. The molecule has 1 N–H and O–H groups in total. The van der Waals surface area contributed by atoms with Crippen LogP contribution in [0.25, 0.3) is 11.4 Å². The molecule has 0 aliphatic carbocycles. The number of hydrogen-bond donors (Lipinski definition) is 1. The molecule has 0 bridgehead atoms. The summed E-state index contributed by atoms with van der Waals surface area (Å²) in [5.74, 6) is -0.840. The summed E-state index contributed by atoms with van der Waals surface area (Å²) in [5, 5.41) is 15.1. The molecule has 1 aromatic heterocycles. The molecule has 0 saturated heterocycles. The number of benzene rings is 3. The molecule has 3 aromatic carbocycles. The van der Waals surface area contributed by atoms with Crippen LogP contribution in [0.2, 0.25) is 0 Å². The molecule has 0 aliphatic rings. The van der Waals surface area contributed by atoms with Crippen molar-refractivity contribution < 1.29 is 22.8 Å². The Morgan fingerprint density at radius 1 is 1.00 bits per heavy atom. The first-order valence-corrected chi connectivity index (χ1v) is 12.8. The lowest BCUT2D eigenvalue weighted by molar-refractivity contribution is -0.137. The number of amides is 2. The second kappa shape index (κ2) is 12.5. The van der Waals surface area contributed by atoms with Crippen LogP contribution in [0.1, 0.15) is 36.5 Å². The van der Waals surface area contributed by atoms with Crippen LogP contribution in [0, 0.1) is 6.92 Å². The van der Waals surface area contributed by atoms with E-state index >= 15 is 0 Å². The van der Waals surface area contributed by atoms with Crippen LogP contribution in [-0.2, 0) is 28.9 Å². The lowest BCUT2D eigenvalue weighted by atomic mass is 10.1. The van der Waals surface area contributed by atoms with Gasteiger partial charge in [-0.3, -0.25) is 14.5 Å². The van der Waals surface area contributed by atoms with Gasteiger partial charge in [-0.15, -0.1) is 10.2 Å². The number of anilines is 1. The van der Waals surface area contributed by atoms with E-state index in [1.807, 2.05) is 68.4 Å². The normalized spacial score (nSPS) is 12.1. The van der Waals surface area contributed by atoms with Crippen molar-refractivity contribution in [1.29, 1.82) is 0 Å². The largest absolute Gasteiger partial charge is 0.416 e. The zero-order chi connectivity index (χ0) is 28.7. The molecule has 40 heavy (non-hydrogen) atoms. The fourth-order valence-electron chi connectivity index (χ4n) is 4.21. The van der Waals surface area contributed by atoms with E-state index in [2.05, 4.69) is 20.7 Å². The molecule has 0 saturated carbocycles. The van der Waals surface area contributed by atoms with Gasteiger partial charge in [-0.25, -0.2) is 0 Å². The predicted molar refractivity (Wildman–Crippen MR) is 144 cm³/mol. The number of hydrogen-bond acceptors (Lipinski definition) is 5. The Bertz CT molecular complexity index is 1440. The Kier molecular flexibility index (Phi) is 8.93. The van der Waals surface area contributed by atoms with Crippen molar-refractivity contribution in [2.24, 2.45) is 0 Å². The number of alkyl halides is 3. The van der Waals surface area contributed by atoms with Gasteiger partial charge < -0.3 is 5.32 Å². The van der Waals surface area contributed by atoms with Crippen LogP contribution < -0.4 is 10.2 Å². The molecule has 1 heterocycles. The van der Waals surface area contributed by atoms with Crippen molar-refractivity contribution in [1.82, 2.24) is 25.5 Å². The van der Waals surface area contributed by atoms with Crippen molar-refractivity contribution in [2.75, 3.05) is 4.90 Å². The monoisotopic (exact) mass is 550 g/mol. The Morgan fingerprint density at radius 2 is 1.73 bits per heavy atom. The van der Waals surface area contributed by atoms with E-state index in [-0.39, 0.29) is 18.7 Å². The number of aryl methyl sites for hydroxylation is 1. The number of nitrogens with zero attached hydrogens (tertiary/aromatic N) is 5. The molecule has 11 heteroatoms. The molecule has 0 radical (unpaired) electrons. The third kappa shape index (κ3) is 7.10. The highest BCUT2D eigenvalue weighted by Crippen LogP contribution is 2.32. The van der Waals surface area contributed by atoms with E-state index in [1.54, 1.807) is 0 Å². The van der Waals surface area contributed by atoms with Gasteiger partial charge in [-0.2, -0.15) is 18.0 Å². The third-order valence-corrected chi connectivity index (χ3v) is 6.25. The molecule has 208 valence electrons. The molecule has 8 nitrogen and oxygen atoms in total. The van der Waals surface area contributed by atoms with Gasteiger partial charge in [0.2, 0.25) is 11.7 Å². The summed E-state index contributed by atoms with van der Waals surface area (Å²) in [5.41, 5.74) is 1.62. The van der Waals surface area contributed by atoms with Crippen molar-refractivity contribution in [2.45, 2.75) is 52.0 Å². The highest BCUT2D eigenvalue weighted by atomic mass is 19.4. The number of carbonyl (C=O) groups excluding carboxylic acids is 2. The minimum atomic E-state index is -4.63. The smallest absolute Gasteiger partial charge is 0.350 e. The fourth-order valence-corrected chi connectivity index (χ4v) is 4.21. The van der Waals surface area contributed by atoms with Crippen molar-refractivity contribution in [3.63, 3.8) is 0 Å². The number of aromatic nitrogens is 4. The summed E-state index contributed by atoms with van der Waals surface area (Å²) in [7, 11) is 0. The van der Waals surface area contributed by atoms with Crippen LogP contribution in [0.5, 0.6) is 0 Å². The van der Waals surface area contributed by atoms with Crippen LogP contribution in [0.4, 0.5) is 18.9 Å². The molecule has 4 rings (SSSR count). The molecule has 0 unspecified atom stereocenters. The van der Waals surface area contributed by atoms with Crippen molar-refractivity contribution in [3.05, 3.63) is 95.6 Å². The fraction of sp³-hybridized carbons (Fsp3) is 0.276. The van der Waals surface area contributed by atoms with Crippen LogP contribution in [0.3, 0.4) is 0 Å². The van der Waals surface area contributed by atoms with Crippen molar-refractivity contribution in [3.8, 4) is 11.4 Å².